The minimum Gasteiger partial charge on any atom is -0.457 e. The third-order valence-electron chi connectivity index (χ3n) is 1.71. The van der Waals surface area contributed by atoms with E-state index in [1.54, 1.807) is 6.26 Å². The smallest absolute Gasteiger partial charge is 0.169 e. The van der Waals surface area contributed by atoms with Crippen LogP contribution >= 0.6 is 27.7 Å². The average molecular weight is 249 g/mol. The summed E-state index contributed by atoms with van der Waals surface area (Å²) in [6.45, 7) is 1.81. The molecule has 1 saturated heterocycles. The third kappa shape index (κ3) is 2.06. The molecule has 0 N–H and O–H groups in total. The van der Waals surface area contributed by atoms with Crippen LogP contribution in [0.4, 0.5) is 0 Å². The second-order valence-electron chi connectivity index (χ2n) is 2.73. The molecule has 66 valence electrons. The normalized spacial score (nSPS) is 17.8. The van der Waals surface area contributed by atoms with Crippen LogP contribution in [0.1, 0.15) is 5.56 Å². The third-order valence-corrected chi connectivity index (χ3v) is 3.37. The Morgan fingerprint density at radius 2 is 2.42 bits per heavy atom. The Morgan fingerprint density at radius 1 is 1.58 bits per heavy atom. The van der Waals surface area contributed by atoms with Crippen molar-refractivity contribution >= 4 is 27.7 Å². The Morgan fingerprint density at radius 3 is 2.92 bits per heavy atom. The van der Waals surface area contributed by atoms with Gasteiger partial charge >= 0.3 is 0 Å². The minimum atomic E-state index is 0.693. The molecule has 0 spiro atoms. The quantitative estimate of drug-likeness (QED) is 0.822. The van der Waals surface area contributed by atoms with Gasteiger partial charge in [-0.1, -0.05) is 0 Å². The van der Waals surface area contributed by atoms with E-state index in [9.17, 15) is 0 Å². The molecule has 0 amide bonds. The summed E-state index contributed by atoms with van der Waals surface area (Å²) in [7, 11) is 0. The molecule has 1 aromatic heterocycles. The maximum absolute atomic E-state index is 5.12. The van der Waals surface area contributed by atoms with Gasteiger partial charge in [-0.3, -0.25) is 0 Å². The SMILES string of the molecule is Brc1cc(CSC2COC2)co1. The second-order valence-corrected chi connectivity index (χ2v) is 4.80. The summed E-state index contributed by atoms with van der Waals surface area (Å²) >= 11 is 5.19. The van der Waals surface area contributed by atoms with E-state index in [2.05, 4.69) is 15.9 Å². The van der Waals surface area contributed by atoms with Gasteiger partial charge < -0.3 is 9.15 Å². The van der Waals surface area contributed by atoms with E-state index in [-0.39, 0.29) is 0 Å². The highest BCUT2D eigenvalue weighted by Crippen LogP contribution is 2.25. The van der Waals surface area contributed by atoms with E-state index >= 15 is 0 Å². The van der Waals surface area contributed by atoms with Crippen molar-refractivity contribution in [2.24, 2.45) is 0 Å². The topological polar surface area (TPSA) is 22.4 Å². The van der Waals surface area contributed by atoms with Crippen LogP contribution in [0.3, 0.4) is 0 Å². The Hall–Kier alpha value is 0.0700. The number of furan rings is 1. The summed E-state index contributed by atoms with van der Waals surface area (Å²) < 4.78 is 11.0. The lowest BCUT2D eigenvalue weighted by atomic mass is 10.4. The van der Waals surface area contributed by atoms with Crippen molar-refractivity contribution in [3.8, 4) is 0 Å². The van der Waals surface area contributed by atoms with Gasteiger partial charge in [-0.25, -0.2) is 0 Å². The van der Waals surface area contributed by atoms with E-state index in [0.717, 1.165) is 23.6 Å². The number of hydrogen-bond donors (Lipinski definition) is 0. The molecule has 1 aliphatic heterocycles. The molecule has 1 aromatic rings. The van der Waals surface area contributed by atoms with E-state index in [4.69, 9.17) is 9.15 Å². The summed E-state index contributed by atoms with van der Waals surface area (Å²) in [5, 5.41) is 0.693. The van der Waals surface area contributed by atoms with Crippen LogP contribution in [-0.2, 0) is 10.5 Å². The molecular formula is C8H9BrO2S. The summed E-state index contributed by atoms with van der Waals surface area (Å²) in [4.78, 5) is 0. The summed E-state index contributed by atoms with van der Waals surface area (Å²) in [5.74, 6) is 1.02. The lowest BCUT2D eigenvalue weighted by Gasteiger charge is -2.24. The van der Waals surface area contributed by atoms with Crippen LogP contribution in [0.25, 0.3) is 0 Å². The van der Waals surface area contributed by atoms with E-state index < -0.39 is 0 Å². The molecule has 0 bridgehead atoms. The van der Waals surface area contributed by atoms with Gasteiger partial charge in [0.15, 0.2) is 4.67 Å². The summed E-state index contributed by atoms with van der Waals surface area (Å²) in [6.07, 6.45) is 1.79. The van der Waals surface area contributed by atoms with Gasteiger partial charge in [0.05, 0.1) is 24.7 Å². The van der Waals surface area contributed by atoms with Crippen molar-refractivity contribution in [2.75, 3.05) is 13.2 Å². The number of ether oxygens (including phenoxy) is 1. The highest BCUT2D eigenvalue weighted by molar-refractivity contribution is 9.10. The molecule has 0 aliphatic carbocycles. The molecule has 0 atom stereocenters. The van der Waals surface area contributed by atoms with Crippen molar-refractivity contribution in [3.63, 3.8) is 0 Å². The average Bonchev–Trinajstić information content (AvgIpc) is 2.32. The van der Waals surface area contributed by atoms with Crippen molar-refractivity contribution in [2.45, 2.75) is 11.0 Å². The standard InChI is InChI=1S/C8H9BrO2S/c9-8-1-6(2-11-8)5-12-7-3-10-4-7/h1-2,7H,3-5H2. The maximum Gasteiger partial charge on any atom is 0.169 e. The second kappa shape index (κ2) is 3.85. The molecule has 4 heteroatoms. The molecule has 0 radical (unpaired) electrons. The first-order chi connectivity index (χ1) is 5.84. The van der Waals surface area contributed by atoms with Crippen LogP contribution in [0.2, 0.25) is 0 Å². The first-order valence-electron chi connectivity index (χ1n) is 3.77. The molecule has 1 fully saturated rings. The van der Waals surface area contributed by atoms with E-state index in [1.165, 1.54) is 5.56 Å². The van der Waals surface area contributed by atoms with E-state index in [1.807, 2.05) is 17.8 Å². The highest BCUT2D eigenvalue weighted by Gasteiger charge is 2.18. The Kier molecular flexibility index (Phi) is 2.78. The first kappa shape index (κ1) is 8.66. The van der Waals surface area contributed by atoms with Gasteiger partial charge in [0.2, 0.25) is 0 Å². The first-order valence-corrected chi connectivity index (χ1v) is 5.61. The fourth-order valence-electron chi connectivity index (χ4n) is 0.946. The lowest BCUT2D eigenvalue weighted by Crippen LogP contribution is -2.30. The van der Waals surface area contributed by atoms with Crippen molar-refractivity contribution in [3.05, 3.63) is 22.6 Å². The molecule has 0 aromatic carbocycles. The van der Waals surface area contributed by atoms with Crippen molar-refractivity contribution in [1.82, 2.24) is 0 Å². The zero-order valence-electron chi connectivity index (χ0n) is 6.46. The predicted octanol–water partition coefficient (Wildman–Crippen LogP) is 2.67. The number of halogens is 1. The van der Waals surface area contributed by atoms with E-state index in [0.29, 0.717) is 5.25 Å². The summed E-state index contributed by atoms with van der Waals surface area (Å²) in [6, 6.07) is 2.01. The van der Waals surface area contributed by atoms with Gasteiger partial charge in [-0.2, -0.15) is 0 Å². The summed E-state index contributed by atoms with van der Waals surface area (Å²) in [5.41, 5.74) is 1.23. The van der Waals surface area contributed by atoms with Crippen LogP contribution in [-0.4, -0.2) is 18.5 Å². The van der Waals surface area contributed by atoms with Crippen LogP contribution in [0.5, 0.6) is 0 Å². The monoisotopic (exact) mass is 248 g/mol. The van der Waals surface area contributed by atoms with Gasteiger partial charge in [0, 0.05) is 11.3 Å². The maximum atomic E-state index is 5.12. The van der Waals surface area contributed by atoms with Crippen LogP contribution in [0, 0.1) is 0 Å². The lowest BCUT2D eigenvalue weighted by molar-refractivity contribution is 0.0455. The zero-order chi connectivity index (χ0) is 8.39. The number of thioether (sulfide) groups is 1. The Balaban J connectivity index is 1.79. The number of hydrogen-bond acceptors (Lipinski definition) is 3. The molecule has 12 heavy (non-hydrogen) atoms. The van der Waals surface area contributed by atoms with Crippen molar-refractivity contribution in [1.29, 1.82) is 0 Å². The Bertz CT molecular complexity index is 257. The molecule has 2 rings (SSSR count). The largest absolute Gasteiger partial charge is 0.457 e. The molecular weight excluding hydrogens is 240 g/mol. The minimum absolute atomic E-state index is 0.693. The molecule has 1 aliphatic rings. The van der Waals surface area contributed by atoms with Gasteiger partial charge in [-0.15, -0.1) is 11.8 Å². The molecule has 0 saturated carbocycles. The fraction of sp³-hybridized carbons (Fsp3) is 0.500. The van der Waals surface area contributed by atoms with Crippen LogP contribution < -0.4 is 0 Å². The van der Waals surface area contributed by atoms with Crippen molar-refractivity contribution < 1.29 is 9.15 Å². The fourth-order valence-corrected chi connectivity index (χ4v) is 2.30. The molecule has 0 unspecified atom stereocenters. The number of rotatable bonds is 3. The molecule has 2 nitrogen and oxygen atoms in total. The predicted molar refractivity (Wildman–Crippen MR) is 52.3 cm³/mol. The van der Waals surface area contributed by atoms with Gasteiger partial charge in [-0.05, 0) is 22.0 Å². The van der Waals surface area contributed by atoms with Crippen LogP contribution in [0.15, 0.2) is 21.4 Å². The molecule has 2 heterocycles. The Labute approximate surface area is 83.8 Å². The zero-order valence-corrected chi connectivity index (χ0v) is 8.86. The van der Waals surface area contributed by atoms with Gasteiger partial charge in [0.25, 0.3) is 0 Å². The highest BCUT2D eigenvalue weighted by atomic mass is 79.9. The van der Waals surface area contributed by atoms with Gasteiger partial charge in [0.1, 0.15) is 0 Å².